The van der Waals surface area contributed by atoms with E-state index >= 15 is 0 Å². The second kappa shape index (κ2) is 9.40. The Bertz CT molecular complexity index is 1140. The number of rotatable bonds is 6. The van der Waals surface area contributed by atoms with Gasteiger partial charge in [-0.2, -0.15) is 0 Å². The number of benzene rings is 1. The summed E-state index contributed by atoms with van der Waals surface area (Å²) in [6.45, 7) is 3.79. The molecule has 8 nitrogen and oxygen atoms in total. The molecule has 2 heterocycles. The molecule has 0 spiro atoms. The summed E-state index contributed by atoms with van der Waals surface area (Å²) in [5.74, 6) is -4.50. The third-order valence-electron chi connectivity index (χ3n) is 6.73. The molecule has 2 amide bonds. The fourth-order valence-electron chi connectivity index (χ4n) is 4.98. The van der Waals surface area contributed by atoms with Gasteiger partial charge in [-0.3, -0.25) is 19.2 Å². The number of halogens is 1. The van der Waals surface area contributed by atoms with Crippen LogP contribution in [-0.4, -0.2) is 45.3 Å². The van der Waals surface area contributed by atoms with Gasteiger partial charge in [0.25, 0.3) is 5.91 Å². The SMILES string of the molecule is CC(C)C(NC(=O)c1cccc(F)c1)C(=O)N[C@H]1CCc2ccn3c2C1C(=O)C[C@H](C(=O)O)C3. The Balaban J connectivity index is 1.54. The lowest BCUT2D eigenvalue weighted by molar-refractivity contribution is -0.144. The number of carboxylic acids is 1. The van der Waals surface area contributed by atoms with E-state index in [2.05, 4.69) is 10.6 Å². The number of ketones is 1. The van der Waals surface area contributed by atoms with Crippen LogP contribution in [-0.2, 0) is 27.3 Å². The number of nitrogens with zero attached hydrogens (tertiary/aromatic N) is 1. The number of carbonyl (C=O) groups excluding carboxylic acids is 3. The average molecular weight is 470 g/mol. The lowest BCUT2D eigenvalue weighted by Gasteiger charge is -2.33. The number of carboxylic acid groups (broad SMARTS) is 1. The molecular weight excluding hydrogens is 441 g/mol. The first-order valence-corrected chi connectivity index (χ1v) is 11.5. The summed E-state index contributed by atoms with van der Waals surface area (Å²) < 4.78 is 15.4. The number of aliphatic carboxylic acids is 1. The van der Waals surface area contributed by atoms with E-state index in [1.54, 1.807) is 13.8 Å². The van der Waals surface area contributed by atoms with Gasteiger partial charge in [0.2, 0.25) is 5.91 Å². The second-order valence-corrected chi connectivity index (χ2v) is 9.42. The number of hydrogen-bond donors (Lipinski definition) is 3. The molecule has 1 aliphatic carbocycles. The topological polar surface area (TPSA) is 118 Å². The molecule has 2 aromatic rings. The number of aryl methyl sites for hydroxylation is 1. The third-order valence-corrected chi connectivity index (χ3v) is 6.73. The van der Waals surface area contributed by atoms with Crippen molar-refractivity contribution in [3.8, 4) is 0 Å². The van der Waals surface area contributed by atoms with Crippen molar-refractivity contribution >= 4 is 23.6 Å². The largest absolute Gasteiger partial charge is 0.481 e. The molecule has 180 valence electrons. The minimum atomic E-state index is -1.02. The van der Waals surface area contributed by atoms with Crippen molar-refractivity contribution < 1.29 is 28.7 Å². The molecule has 2 unspecified atom stereocenters. The van der Waals surface area contributed by atoms with E-state index in [1.165, 1.54) is 18.2 Å². The van der Waals surface area contributed by atoms with E-state index in [4.69, 9.17) is 0 Å². The van der Waals surface area contributed by atoms with E-state index in [-0.39, 0.29) is 30.2 Å². The Hall–Kier alpha value is -3.49. The number of carbonyl (C=O) groups is 4. The van der Waals surface area contributed by atoms with E-state index < -0.39 is 47.5 Å². The van der Waals surface area contributed by atoms with Crippen LogP contribution in [0.15, 0.2) is 36.5 Å². The molecular formula is C25H28FN3O5. The van der Waals surface area contributed by atoms with Crippen LogP contribution in [0.5, 0.6) is 0 Å². The maximum atomic E-state index is 13.5. The molecule has 4 atom stereocenters. The molecule has 3 N–H and O–H groups in total. The van der Waals surface area contributed by atoms with Gasteiger partial charge in [-0.15, -0.1) is 0 Å². The van der Waals surface area contributed by atoms with E-state index in [0.29, 0.717) is 12.8 Å². The summed E-state index contributed by atoms with van der Waals surface area (Å²) in [6.07, 6.45) is 2.89. The summed E-state index contributed by atoms with van der Waals surface area (Å²) in [5, 5.41) is 15.2. The van der Waals surface area contributed by atoms with Crippen molar-refractivity contribution in [3.63, 3.8) is 0 Å². The molecule has 0 fully saturated rings. The summed E-state index contributed by atoms with van der Waals surface area (Å²) >= 11 is 0. The van der Waals surface area contributed by atoms with Crippen LogP contribution in [0.2, 0.25) is 0 Å². The summed E-state index contributed by atoms with van der Waals surface area (Å²) in [6, 6.07) is 5.73. The fourth-order valence-corrected chi connectivity index (χ4v) is 4.98. The van der Waals surface area contributed by atoms with Gasteiger partial charge in [-0.1, -0.05) is 19.9 Å². The van der Waals surface area contributed by atoms with Crippen LogP contribution >= 0.6 is 0 Å². The van der Waals surface area contributed by atoms with Crippen LogP contribution < -0.4 is 10.6 Å². The molecule has 0 bridgehead atoms. The predicted octanol–water partition coefficient (Wildman–Crippen LogP) is 2.27. The highest BCUT2D eigenvalue weighted by atomic mass is 19.1. The number of aromatic nitrogens is 1. The molecule has 1 aromatic heterocycles. The average Bonchev–Trinajstić information content (AvgIpc) is 3.11. The van der Waals surface area contributed by atoms with E-state index in [9.17, 15) is 28.7 Å². The number of nitrogens with one attached hydrogen (secondary N) is 2. The highest BCUT2D eigenvalue weighted by Crippen LogP contribution is 2.38. The van der Waals surface area contributed by atoms with Gasteiger partial charge in [0.05, 0.1) is 11.8 Å². The Labute approximate surface area is 196 Å². The zero-order chi connectivity index (χ0) is 24.6. The molecule has 1 aliphatic heterocycles. The number of Topliss-reactive ketones (excluding diaryl/α,β-unsaturated/α-hetero) is 1. The van der Waals surface area contributed by atoms with Gasteiger partial charge in [0.15, 0.2) is 0 Å². The van der Waals surface area contributed by atoms with Gasteiger partial charge in [0.1, 0.15) is 17.6 Å². The van der Waals surface area contributed by atoms with Gasteiger partial charge in [-0.25, -0.2) is 4.39 Å². The van der Waals surface area contributed by atoms with Crippen LogP contribution in [0.25, 0.3) is 0 Å². The highest BCUT2D eigenvalue weighted by Gasteiger charge is 2.42. The number of amides is 2. The molecule has 4 rings (SSSR count). The predicted molar refractivity (Wildman–Crippen MR) is 121 cm³/mol. The van der Waals surface area contributed by atoms with Crippen LogP contribution in [0.4, 0.5) is 4.39 Å². The van der Waals surface area contributed by atoms with Crippen LogP contribution in [0.3, 0.4) is 0 Å². The van der Waals surface area contributed by atoms with Gasteiger partial charge < -0.3 is 20.3 Å². The molecule has 0 saturated carbocycles. The molecule has 2 aliphatic rings. The smallest absolute Gasteiger partial charge is 0.308 e. The molecule has 0 saturated heterocycles. The standard InChI is InChI=1S/C25H28FN3O5/c1-13(2)21(28-23(31)15-4-3-5-17(26)10-15)24(32)27-18-7-6-14-8-9-29-12-16(25(33)34)11-19(30)20(18)22(14)29/h3-5,8-10,13,16,18,20-21H,6-7,11-12H2,1-2H3,(H,27,32)(H,28,31)(H,33,34)/t16-,18-,20?,21?/m0/s1. The van der Waals surface area contributed by atoms with Crippen molar-refractivity contribution in [3.05, 3.63) is 59.2 Å². The molecule has 9 heteroatoms. The zero-order valence-electron chi connectivity index (χ0n) is 19.1. The monoisotopic (exact) mass is 469 g/mol. The molecule has 34 heavy (non-hydrogen) atoms. The Morgan fingerprint density at radius 3 is 2.65 bits per heavy atom. The summed E-state index contributed by atoms with van der Waals surface area (Å²) in [5.41, 5.74) is 1.88. The first kappa shape index (κ1) is 23.7. The van der Waals surface area contributed by atoms with Gasteiger partial charge in [0, 0.05) is 36.5 Å². The summed E-state index contributed by atoms with van der Waals surface area (Å²) in [4.78, 5) is 50.7. The normalized spacial score (nSPS) is 22.5. The second-order valence-electron chi connectivity index (χ2n) is 9.42. The Kier molecular flexibility index (Phi) is 6.54. The first-order chi connectivity index (χ1) is 16.2. The minimum Gasteiger partial charge on any atom is -0.481 e. The maximum absolute atomic E-state index is 13.5. The minimum absolute atomic E-state index is 0.0998. The van der Waals surface area contributed by atoms with Crippen LogP contribution in [0, 0.1) is 17.7 Å². The molecule has 1 aromatic carbocycles. The first-order valence-electron chi connectivity index (χ1n) is 11.5. The number of hydrogen-bond acceptors (Lipinski definition) is 4. The third kappa shape index (κ3) is 4.60. The maximum Gasteiger partial charge on any atom is 0.308 e. The van der Waals surface area contributed by atoms with Crippen LogP contribution in [0.1, 0.15) is 54.2 Å². The van der Waals surface area contributed by atoms with Crippen molar-refractivity contribution in [2.75, 3.05) is 0 Å². The van der Waals surface area contributed by atoms with Crippen molar-refractivity contribution in [1.82, 2.24) is 15.2 Å². The fraction of sp³-hybridized carbons (Fsp3) is 0.440. The summed E-state index contributed by atoms with van der Waals surface area (Å²) in [7, 11) is 0. The Morgan fingerprint density at radius 2 is 1.97 bits per heavy atom. The lowest BCUT2D eigenvalue weighted by atomic mass is 9.79. The van der Waals surface area contributed by atoms with Crippen molar-refractivity contribution in [1.29, 1.82) is 0 Å². The molecule has 0 radical (unpaired) electrons. The quantitative estimate of drug-likeness (QED) is 0.600. The lowest BCUT2D eigenvalue weighted by Crippen LogP contribution is -2.54. The zero-order valence-corrected chi connectivity index (χ0v) is 19.1. The van der Waals surface area contributed by atoms with Gasteiger partial charge in [-0.05, 0) is 48.6 Å². The Morgan fingerprint density at radius 1 is 1.21 bits per heavy atom. The van der Waals surface area contributed by atoms with Crippen molar-refractivity contribution in [2.45, 2.75) is 57.7 Å². The van der Waals surface area contributed by atoms with E-state index in [0.717, 1.165) is 17.3 Å². The van der Waals surface area contributed by atoms with E-state index in [1.807, 2.05) is 16.8 Å². The van der Waals surface area contributed by atoms with Crippen molar-refractivity contribution in [2.24, 2.45) is 11.8 Å². The van der Waals surface area contributed by atoms with Gasteiger partial charge >= 0.3 is 5.97 Å². The highest BCUT2D eigenvalue weighted by molar-refractivity contribution is 5.98.